The smallest absolute Gasteiger partial charge is 0.404 e. The minimum Gasteiger partial charge on any atom is -0.465 e. The average molecular weight is 453 g/mol. The Morgan fingerprint density at radius 3 is 2.80 bits per heavy atom. The van der Waals surface area contributed by atoms with Gasteiger partial charge in [0.2, 0.25) is 0 Å². The third-order valence-corrected chi connectivity index (χ3v) is 7.81. The van der Waals surface area contributed by atoms with Crippen molar-refractivity contribution in [3.05, 3.63) is 46.1 Å². The highest BCUT2D eigenvalue weighted by Gasteiger charge is 2.34. The van der Waals surface area contributed by atoms with Gasteiger partial charge in [-0.3, -0.25) is 0 Å². The van der Waals surface area contributed by atoms with Crippen LogP contribution in [0.15, 0.2) is 46.1 Å². The van der Waals surface area contributed by atoms with Crippen LogP contribution in [0.1, 0.15) is 52.4 Å². The van der Waals surface area contributed by atoms with Gasteiger partial charge in [0.1, 0.15) is 0 Å². The summed E-state index contributed by atoms with van der Waals surface area (Å²) in [5.41, 5.74) is 3.77. The molecule has 3 aliphatic rings. The molecule has 4 nitrogen and oxygen atoms in total. The first kappa shape index (κ1) is 23.4. The largest absolute Gasteiger partial charge is 0.465 e. The van der Waals surface area contributed by atoms with E-state index in [0.717, 1.165) is 37.3 Å². The van der Waals surface area contributed by atoms with E-state index in [1.165, 1.54) is 29.6 Å². The van der Waals surface area contributed by atoms with Gasteiger partial charge >= 0.3 is 6.09 Å². The molecule has 30 heavy (non-hydrogen) atoms. The molecule has 3 aliphatic carbocycles. The number of rotatable bonds is 8. The van der Waals surface area contributed by atoms with E-state index >= 15 is 0 Å². The molecule has 0 saturated heterocycles. The number of allylic oxidation sites excluding steroid dienone is 4. The maximum Gasteiger partial charge on any atom is 0.404 e. The number of nitrogens with one attached hydrogen (secondary N) is 2. The van der Waals surface area contributed by atoms with Gasteiger partial charge in [-0.15, -0.1) is 11.6 Å². The minimum absolute atomic E-state index is 0.129. The predicted molar refractivity (Wildman–Crippen MR) is 125 cm³/mol. The molecular formula is C24H34Cl2N2O2. The van der Waals surface area contributed by atoms with Crippen LogP contribution in [-0.4, -0.2) is 35.7 Å². The molecule has 3 N–H and O–H groups in total. The van der Waals surface area contributed by atoms with Gasteiger partial charge < -0.3 is 15.7 Å². The van der Waals surface area contributed by atoms with Crippen LogP contribution in [0.3, 0.4) is 0 Å². The lowest BCUT2D eigenvalue weighted by Gasteiger charge is -2.27. The first-order chi connectivity index (χ1) is 14.3. The second-order valence-corrected chi connectivity index (χ2v) is 9.98. The second-order valence-electron chi connectivity index (χ2n) is 9.04. The summed E-state index contributed by atoms with van der Waals surface area (Å²) in [6.45, 7) is 5.75. The molecule has 5 atom stereocenters. The summed E-state index contributed by atoms with van der Waals surface area (Å²) in [4.78, 5) is 10.8. The van der Waals surface area contributed by atoms with Crippen molar-refractivity contribution in [1.29, 1.82) is 0 Å². The summed E-state index contributed by atoms with van der Waals surface area (Å²) < 4.78 is 0. The van der Waals surface area contributed by atoms with Crippen LogP contribution in [0, 0.1) is 17.8 Å². The monoisotopic (exact) mass is 452 g/mol. The van der Waals surface area contributed by atoms with E-state index in [9.17, 15) is 4.79 Å². The summed E-state index contributed by atoms with van der Waals surface area (Å²) in [6.07, 6.45) is 14.0. The van der Waals surface area contributed by atoms with Crippen molar-refractivity contribution < 1.29 is 9.90 Å². The van der Waals surface area contributed by atoms with E-state index in [2.05, 4.69) is 48.8 Å². The molecule has 0 bridgehead atoms. The van der Waals surface area contributed by atoms with Crippen molar-refractivity contribution in [3.8, 4) is 0 Å². The van der Waals surface area contributed by atoms with Crippen LogP contribution in [0.2, 0.25) is 0 Å². The molecule has 0 aromatic carbocycles. The fourth-order valence-electron chi connectivity index (χ4n) is 5.09. The number of hydrogen-bond acceptors (Lipinski definition) is 2. The Kier molecular flexibility index (Phi) is 8.50. The molecule has 0 radical (unpaired) electrons. The first-order valence-corrected chi connectivity index (χ1v) is 11.9. The molecule has 0 spiro atoms. The van der Waals surface area contributed by atoms with Gasteiger partial charge in [0.25, 0.3) is 0 Å². The van der Waals surface area contributed by atoms with E-state index < -0.39 is 6.09 Å². The zero-order chi connectivity index (χ0) is 21.7. The summed E-state index contributed by atoms with van der Waals surface area (Å²) >= 11 is 12.8. The van der Waals surface area contributed by atoms with E-state index in [1.807, 2.05) is 0 Å². The molecule has 1 amide bonds. The number of alkyl halides is 1. The highest BCUT2D eigenvalue weighted by atomic mass is 35.5. The molecule has 5 unspecified atom stereocenters. The van der Waals surface area contributed by atoms with Crippen molar-refractivity contribution >= 4 is 29.3 Å². The Morgan fingerprint density at radius 1 is 1.27 bits per heavy atom. The van der Waals surface area contributed by atoms with Crippen molar-refractivity contribution in [3.63, 3.8) is 0 Å². The van der Waals surface area contributed by atoms with Gasteiger partial charge in [-0.2, -0.15) is 0 Å². The molecule has 0 heterocycles. The second kappa shape index (κ2) is 10.9. The summed E-state index contributed by atoms with van der Waals surface area (Å²) in [7, 11) is 0. The van der Waals surface area contributed by atoms with Gasteiger partial charge in [-0.05, 0) is 67.9 Å². The van der Waals surface area contributed by atoms with E-state index in [0.29, 0.717) is 24.3 Å². The zero-order valence-corrected chi connectivity index (χ0v) is 19.5. The topological polar surface area (TPSA) is 61.4 Å². The Morgan fingerprint density at radius 2 is 2.07 bits per heavy atom. The molecule has 0 aromatic heterocycles. The van der Waals surface area contributed by atoms with E-state index in [1.54, 1.807) is 0 Å². The third kappa shape index (κ3) is 6.38. The zero-order valence-electron chi connectivity index (χ0n) is 18.0. The molecule has 1 saturated carbocycles. The standard InChI is InChI=1S/C24H34Cl2N2O2/c1-15-3-5-18(21(15)9-10-27-24(29)30)12-19-13-20(6-8-23(19)26)28-14-17-4-7-22(25)16(2)11-17/h4,8,11,13,15,18,20-22,27-28H,3,5-7,9-10,12,14H2,1-2H3,(H,29,30). The minimum atomic E-state index is -0.938. The Hall–Kier alpha value is -1.23. The maximum atomic E-state index is 10.8. The number of halogens is 2. The quantitative estimate of drug-likeness (QED) is 0.396. The summed E-state index contributed by atoms with van der Waals surface area (Å²) in [5.74, 6) is 1.74. The predicted octanol–water partition coefficient (Wildman–Crippen LogP) is 5.99. The van der Waals surface area contributed by atoms with Crippen LogP contribution >= 0.6 is 23.2 Å². The number of amides is 1. The number of carbonyl (C=O) groups is 1. The van der Waals surface area contributed by atoms with Crippen molar-refractivity contribution in [2.45, 2.75) is 63.8 Å². The fourth-order valence-corrected chi connectivity index (χ4v) is 5.47. The van der Waals surface area contributed by atoms with Gasteiger partial charge in [0.15, 0.2) is 0 Å². The van der Waals surface area contributed by atoms with Crippen LogP contribution < -0.4 is 10.6 Å². The van der Waals surface area contributed by atoms with Gasteiger partial charge in [-0.1, -0.05) is 54.8 Å². The van der Waals surface area contributed by atoms with Crippen LogP contribution in [0.4, 0.5) is 4.79 Å². The van der Waals surface area contributed by atoms with Crippen LogP contribution in [0.5, 0.6) is 0 Å². The highest BCUT2D eigenvalue weighted by Crippen LogP contribution is 2.43. The van der Waals surface area contributed by atoms with Gasteiger partial charge in [-0.25, -0.2) is 4.79 Å². The first-order valence-electron chi connectivity index (χ1n) is 11.1. The molecular weight excluding hydrogens is 419 g/mol. The molecule has 166 valence electrons. The Bertz CT molecular complexity index is 756. The summed E-state index contributed by atoms with van der Waals surface area (Å²) in [6, 6.07) is 0.289. The normalized spacial score (nSPS) is 31.5. The third-order valence-electron chi connectivity index (χ3n) is 6.89. The Balaban J connectivity index is 1.56. The van der Waals surface area contributed by atoms with E-state index in [-0.39, 0.29) is 11.4 Å². The maximum absolute atomic E-state index is 10.8. The summed E-state index contributed by atoms with van der Waals surface area (Å²) in [5, 5.41) is 16.0. The Labute approximate surface area is 190 Å². The highest BCUT2D eigenvalue weighted by molar-refractivity contribution is 6.32. The lowest BCUT2D eigenvalue weighted by atomic mass is 9.82. The lowest BCUT2D eigenvalue weighted by Crippen LogP contribution is -2.31. The van der Waals surface area contributed by atoms with Crippen molar-refractivity contribution in [2.75, 3.05) is 13.1 Å². The van der Waals surface area contributed by atoms with Crippen LogP contribution in [-0.2, 0) is 0 Å². The molecule has 0 aromatic rings. The number of hydrogen-bond donors (Lipinski definition) is 3. The fraction of sp³-hybridized carbons (Fsp3) is 0.625. The molecule has 3 rings (SSSR count). The molecule has 6 heteroatoms. The lowest BCUT2D eigenvalue weighted by molar-refractivity contribution is 0.192. The van der Waals surface area contributed by atoms with Gasteiger partial charge in [0, 0.05) is 24.2 Å². The number of carboxylic acid groups (broad SMARTS) is 1. The van der Waals surface area contributed by atoms with E-state index in [4.69, 9.17) is 28.3 Å². The van der Waals surface area contributed by atoms with Crippen LogP contribution in [0.25, 0.3) is 0 Å². The molecule has 1 fully saturated rings. The van der Waals surface area contributed by atoms with Crippen molar-refractivity contribution in [1.82, 2.24) is 10.6 Å². The molecule has 0 aliphatic heterocycles. The van der Waals surface area contributed by atoms with Crippen molar-refractivity contribution in [2.24, 2.45) is 17.8 Å². The van der Waals surface area contributed by atoms with Gasteiger partial charge in [0.05, 0.1) is 5.38 Å². The average Bonchev–Trinajstić information content (AvgIpc) is 3.04. The SMILES string of the molecule is CC1=CC(CNC2C=C(CC3CCC(C)C3CCNC(=O)O)C(Cl)=CC2)=CCC1Cl.